The van der Waals surface area contributed by atoms with Gasteiger partial charge in [-0.05, 0) is 23.7 Å². The van der Waals surface area contributed by atoms with Crippen molar-refractivity contribution >= 4 is 17.4 Å². The topological polar surface area (TPSA) is 63.4 Å². The van der Waals surface area contributed by atoms with Crippen LogP contribution in [0.5, 0.6) is 0 Å². The van der Waals surface area contributed by atoms with E-state index in [1.54, 1.807) is 11.8 Å². The first-order chi connectivity index (χ1) is 8.09. The van der Waals surface area contributed by atoms with Gasteiger partial charge in [0.25, 0.3) is 0 Å². The smallest absolute Gasteiger partial charge is 0.305 e. The first kappa shape index (κ1) is 12.3. The van der Waals surface area contributed by atoms with E-state index in [1.807, 2.05) is 0 Å². The van der Waals surface area contributed by atoms with Crippen LogP contribution in [0.1, 0.15) is 5.56 Å². The van der Waals surface area contributed by atoms with E-state index in [0.717, 1.165) is 11.8 Å². The molecule has 0 amide bonds. The van der Waals surface area contributed by atoms with E-state index >= 15 is 0 Å². The highest BCUT2D eigenvalue weighted by molar-refractivity contribution is 7.99. The number of halogens is 1. The van der Waals surface area contributed by atoms with Crippen molar-refractivity contribution in [2.75, 3.05) is 11.5 Å². The Labute approximate surface area is 102 Å². The lowest BCUT2D eigenvalue weighted by Gasteiger charge is -2.13. The molecule has 1 saturated heterocycles. The zero-order valence-corrected chi connectivity index (χ0v) is 9.82. The minimum absolute atomic E-state index is 0.0171. The third-order valence-corrected chi connectivity index (χ3v) is 4.14. The van der Waals surface area contributed by atoms with E-state index in [-0.39, 0.29) is 5.92 Å². The molecule has 0 bridgehead atoms. The molecule has 1 aliphatic rings. The van der Waals surface area contributed by atoms with E-state index in [4.69, 9.17) is 0 Å². The molecule has 0 spiro atoms. The summed E-state index contributed by atoms with van der Waals surface area (Å²) in [6.07, 6.45) is -0.0968. The molecule has 0 radical (unpaired) electrons. The lowest BCUT2D eigenvalue weighted by Crippen LogP contribution is -2.20. The van der Waals surface area contributed by atoms with Crippen LogP contribution in [0.25, 0.3) is 0 Å². The van der Waals surface area contributed by atoms with Gasteiger partial charge >= 0.3 is 5.69 Å². The van der Waals surface area contributed by atoms with E-state index in [0.29, 0.717) is 17.7 Å². The molecule has 2 rings (SSSR count). The largest absolute Gasteiger partial charge is 0.392 e. The number of aliphatic hydroxyl groups is 1. The summed E-state index contributed by atoms with van der Waals surface area (Å²) in [6.45, 7) is 0. The molecule has 0 saturated carbocycles. The quantitative estimate of drug-likeness (QED) is 0.664. The van der Waals surface area contributed by atoms with Crippen molar-refractivity contribution in [1.82, 2.24) is 0 Å². The number of benzene rings is 1. The number of nitro benzene ring substituents is 1. The van der Waals surface area contributed by atoms with Gasteiger partial charge in [0.05, 0.1) is 11.0 Å². The molecule has 2 unspecified atom stereocenters. The van der Waals surface area contributed by atoms with Gasteiger partial charge in [-0.3, -0.25) is 10.1 Å². The molecule has 1 aromatic carbocycles. The molecule has 1 heterocycles. The predicted molar refractivity (Wildman–Crippen MR) is 63.6 cm³/mol. The van der Waals surface area contributed by atoms with E-state index < -0.39 is 22.5 Å². The maximum atomic E-state index is 13.8. The Bertz CT molecular complexity index is 441. The van der Waals surface area contributed by atoms with Gasteiger partial charge in [0.1, 0.15) is 0 Å². The summed E-state index contributed by atoms with van der Waals surface area (Å²) in [5.41, 5.74) is -0.187. The molecule has 92 valence electrons. The number of nitrogens with zero attached hydrogens (tertiary/aromatic N) is 1. The summed E-state index contributed by atoms with van der Waals surface area (Å²) in [5.74, 6) is 0.628. The van der Waals surface area contributed by atoms with E-state index in [2.05, 4.69) is 0 Å². The van der Waals surface area contributed by atoms with Crippen molar-refractivity contribution in [2.24, 2.45) is 5.92 Å². The van der Waals surface area contributed by atoms with Crippen LogP contribution in [0.4, 0.5) is 10.1 Å². The van der Waals surface area contributed by atoms with Gasteiger partial charge in [-0.1, -0.05) is 12.1 Å². The third-order valence-electron chi connectivity index (χ3n) is 2.90. The van der Waals surface area contributed by atoms with Gasteiger partial charge in [-0.25, -0.2) is 0 Å². The highest BCUT2D eigenvalue weighted by Gasteiger charge is 2.28. The third kappa shape index (κ3) is 2.58. The van der Waals surface area contributed by atoms with Crippen molar-refractivity contribution in [3.63, 3.8) is 0 Å². The lowest BCUT2D eigenvalue weighted by molar-refractivity contribution is -0.387. The van der Waals surface area contributed by atoms with Crippen LogP contribution in [0.15, 0.2) is 18.2 Å². The molecule has 0 aliphatic carbocycles. The van der Waals surface area contributed by atoms with Crippen LogP contribution in [0.2, 0.25) is 0 Å². The van der Waals surface area contributed by atoms with Crippen LogP contribution in [-0.4, -0.2) is 27.6 Å². The van der Waals surface area contributed by atoms with Gasteiger partial charge in [0, 0.05) is 11.8 Å². The number of hydrogen-bond donors (Lipinski definition) is 1. The first-order valence-corrected chi connectivity index (χ1v) is 6.42. The summed E-state index contributed by atoms with van der Waals surface area (Å²) < 4.78 is 13.8. The molecule has 0 aromatic heterocycles. The predicted octanol–water partition coefficient (Wildman–Crippen LogP) is 2.00. The van der Waals surface area contributed by atoms with Gasteiger partial charge < -0.3 is 5.11 Å². The monoisotopic (exact) mass is 257 g/mol. The Morgan fingerprint density at radius 3 is 2.88 bits per heavy atom. The molecule has 2 atom stereocenters. The zero-order chi connectivity index (χ0) is 12.4. The van der Waals surface area contributed by atoms with Crippen molar-refractivity contribution in [3.8, 4) is 0 Å². The number of thioether (sulfide) groups is 1. The van der Waals surface area contributed by atoms with Crippen molar-refractivity contribution in [1.29, 1.82) is 0 Å². The summed E-state index contributed by atoms with van der Waals surface area (Å²) in [5, 5.41) is 20.2. The summed E-state index contributed by atoms with van der Waals surface area (Å²) in [4.78, 5) is 9.86. The second-order valence-corrected chi connectivity index (χ2v) is 5.15. The zero-order valence-electron chi connectivity index (χ0n) is 9.01. The summed E-state index contributed by atoms with van der Waals surface area (Å²) in [7, 11) is 0. The van der Waals surface area contributed by atoms with Crippen LogP contribution in [0, 0.1) is 21.8 Å². The fourth-order valence-corrected chi connectivity index (χ4v) is 3.22. The molecular weight excluding hydrogens is 245 g/mol. The number of aliphatic hydroxyl groups excluding tert-OH is 1. The molecule has 1 aromatic rings. The van der Waals surface area contributed by atoms with Gasteiger partial charge in [0.2, 0.25) is 5.82 Å². The molecule has 4 nitrogen and oxygen atoms in total. The van der Waals surface area contributed by atoms with Crippen molar-refractivity contribution < 1.29 is 14.4 Å². The average Bonchev–Trinajstić information content (AvgIpc) is 2.67. The molecule has 17 heavy (non-hydrogen) atoms. The van der Waals surface area contributed by atoms with E-state index in [9.17, 15) is 19.6 Å². The standard InChI is InChI=1S/C11H12FNO3S/c12-11-7(2-1-3-9(11)13(15)16)4-8-5-17-6-10(8)14/h1-3,8,10,14H,4-6H2. The summed E-state index contributed by atoms with van der Waals surface area (Å²) >= 11 is 1.62. The number of nitro groups is 1. The summed E-state index contributed by atoms with van der Waals surface area (Å²) in [6, 6.07) is 4.17. The maximum absolute atomic E-state index is 13.8. The minimum atomic E-state index is -0.776. The Morgan fingerprint density at radius 1 is 1.53 bits per heavy atom. The minimum Gasteiger partial charge on any atom is -0.392 e. The normalized spacial score (nSPS) is 23.9. The Balaban J connectivity index is 2.21. The number of rotatable bonds is 3. The molecule has 1 N–H and O–H groups in total. The van der Waals surface area contributed by atoms with Crippen LogP contribution in [0.3, 0.4) is 0 Å². The van der Waals surface area contributed by atoms with Crippen LogP contribution >= 0.6 is 11.8 Å². The molecule has 1 fully saturated rings. The fraction of sp³-hybridized carbons (Fsp3) is 0.455. The maximum Gasteiger partial charge on any atom is 0.305 e. The first-order valence-electron chi connectivity index (χ1n) is 5.27. The second-order valence-electron chi connectivity index (χ2n) is 4.08. The number of hydrogen-bond acceptors (Lipinski definition) is 4. The molecule has 1 aliphatic heterocycles. The van der Waals surface area contributed by atoms with Gasteiger partial charge in [-0.2, -0.15) is 16.2 Å². The van der Waals surface area contributed by atoms with Crippen LogP contribution < -0.4 is 0 Å². The van der Waals surface area contributed by atoms with E-state index in [1.165, 1.54) is 12.1 Å². The SMILES string of the molecule is O=[N+]([O-])c1cccc(CC2CSCC2O)c1F. The fourth-order valence-electron chi connectivity index (χ4n) is 1.93. The Kier molecular flexibility index (Phi) is 3.63. The highest BCUT2D eigenvalue weighted by atomic mass is 32.2. The van der Waals surface area contributed by atoms with Crippen molar-refractivity contribution in [2.45, 2.75) is 12.5 Å². The van der Waals surface area contributed by atoms with Crippen LogP contribution in [-0.2, 0) is 6.42 Å². The van der Waals surface area contributed by atoms with Gasteiger partial charge in [0.15, 0.2) is 0 Å². The average molecular weight is 257 g/mol. The van der Waals surface area contributed by atoms with Gasteiger partial charge in [-0.15, -0.1) is 0 Å². The molecular formula is C11H12FNO3S. The molecule has 6 heteroatoms. The highest BCUT2D eigenvalue weighted by Crippen LogP contribution is 2.29. The van der Waals surface area contributed by atoms with Crippen molar-refractivity contribution in [3.05, 3.63) is 39.7 Å². The Hall–Kier alpha value is -1.14. The Morgan fingerprint density at radius 2 is 2.29 bits per heavy atom. The lowest BCUT2D eigenvalue weighted by atomic mass is 9.96. The second kappa shape index (κ2) is 5.01.